The van der Waals surface area contributed by atoms with Gasteiger partial charge in [0.05, 0.1) is 32.7 Å². The normalized spacial score (nSPS) is 10.7. The van der Waals surface area contributed by atoms with Gasteiger partial charge in [-0.2, -0.15) is 0 Å². The van der Waals surface area contributed by atoms with Crippen molar-refractivity contribution < 1.29 is 23.4 Å². The van der Waals surface area contributed by atoms with E-state index in [4.69, 9.17) is 14.2 Å². The number of carbonyl (C=O) groups excluding carboxylic acids is 1. The number of anilines is 1. The number of aromatic nitrogens is 2. The van der Waals surface area contributed by atoms with Crippen molar-refractivity contribution in [2.45, 2.75) is 6.92 Å². The van der Waals surface area contributed by atoms with Crippen LogP contribution in [0.4, 0.5) is 9.52 Å². The van der Waals surface area contributed by atoms with Gasteiger partial charge in [0.1, 0.15) is 21.5 Å². The minimum atomic E-state index is -0.396. The number of carbonyl (C=O) groups is 1. The lowest BCUT2D eigenvalue weighted by Gasteiger charge is -2.08. The van der Waals surface area contributed by atoms with E-state index in [2.05, 4.69) is 15.3 Å². The van der Waals surface area contributed by atoms with Crippen LogP contribution in [-0.4, -0.2) is 37.2 Å². The van der Waals surface area contributed by atoms with Gasteiger partial charge in [0, 0.05) is 16.5 Å². The van der Waals surface area contributed by atoms with E-state index in [0.29, 0.717) is 49.2 Å². The highest BCUT2D eigenvalue weighted by Gasteiger charge is 2.19. The molecule has 2 heterocycles. The van der Waals surface area contributed by atoms with Crippen molar-refractivity contribution in [3.8, 4) is 39.1 Å². The second-order valence-corrected chi connectivity index (χ2v) is 8.70. The van der Waals surface area contributed by atoms with Gasteiger partial charge in [-0.05, 0) is 43.3 Å². The zero-order valence-corrected chi connectivity index (χ0v) is 19.9. The monoisotopic (exact) mass is 485 g/mol. The smallest absolute Gasteiger partial charge is 0.269 e. The Labute approximate surface area is 197 Å². The zero-order valence-electron chi connectivity index (χ0n) is 18.3. The fraction of sp³-hybridized carbons (Fsp3) is 0.174. The molecule has 4 rings (SSSR count). The Balaban J connectivity index is 1.56. The Morgan fingerprint density at radius 1 is 0.970 bits per heavy atom. The maximum atomic E-state index is 13.7. The van der Waals surface area contributed by atoms with Crippen LogP contribution in [0.1, 0.15) is 15.4 Å². The molecule has 2 aromatic heterocycles. The van der Waals surface area contributed by atoms with Gasteiger partial charge in [0.2, 0.25) is 0 Å². The van der Waals surface area contributed by atoms with Crippen LogP contribution in [0.2, 0.25) is 0 Å². The fourth-order valence-corrected chi connectivity index (χ4v) is 4.85. The van der Waals surface area contributed by atoms with Crippen LogP contribution >= 0.6 is 22.7 Å². The summed E-state index contributed by atoms with van der Waals surface area (Å²) >= 11 is 2.51. The Morgan fingerprint density at radius 3 is 2.42 bits per heavy atom. The first-order valence-corrected chi connectivity index (χ1v) is 11.4. The number of benzene rings is 2. The second-order valence-electron chi connectivity index (χ2n) is 6.84. The van der Waals surface area contributed by atoms with Gasteiger partial charge in [0.15, 0.2) is 16.6 Å². The van der Waals surface area contributed by atoms with Crippen molar-refractivity contribution in [1.29, 1.82) is 0 Å². The first kappa shape index (κ1) is 22.7. The van der Waals surface area contributed by atoms with Gasteiger partial charge in [-0.25, -0.2) is 14.4 Å². The van der Waals surface area contributed by atoms with Gasteiger partial charge >= 0.3 is 0 Å². The molecule has 1 N–H and O–H groups in total. The molecule has 1 amide bonds. The standard InChI is InChI=1S/C23H20FN3O4S2/c1-12-20(33-22(25-12)13-5-7-18(30-3)19(9-13)31-4)21(28)27-23-26-16(11-32-23)15-10-14(24)6-8-17(15)29-2/h5-11H,1-4H3,(H,26,27,28). The molecule has 0 fully saturated rings. The molecule has 170 valence electrons. The van der Waals surface area contributed by atoms with Gasteiger partial charge in [-0.15, -0.1) is 22.7 Å². The van der Waals surface area contributed by atoms with E-state index in [1.54, 1.807) is 38.7 Å². The minimum absolute atomic E-state index is 0.316. The number of halogens is 1. The lowest BCUT2D eigenvalue weighted by Crippen LogP contribution is -2.11. The largest absolute Gasteiger partial charge is 0.496 e. The Bertz CT molecular complexity index is 1320. The van der Waals surface area contributed by atoms with Gasteiger partial charge in [0.25, 0.3) is 5.91 Å². The van der Waals surface area contributed by atoms with Crippen LogP contribution in [0.15, 0.2) is 41.8 Å². The zero-order chi connectivity index (χ0) is 23.5. The second kappa shape index (κ2) is 9.55. The summed E-state index contributed by atoms with van der Waals surface area (Å²) in [4.78, 5) is 22.4. The fourth-order valence-electron chi connectivity index (χ4n) is 3.19. The van der Waals surface area contributed by atoms with Crippen LogP contribution in [0.5, 0.6) is 17.2 Å². The summed E-state index contributed by atoms with van der Waals surface area (Å²) < 4.78 is 29.6. The number of rotatable bonds is 7. The van der Waals surface area contributed by atoms with Crippen LogP contribution in [0.3, 0.4) is 0 Å². The lowest BCUT2D eigenvalue weighted by atomic mass is 10.1. The third kappa shape index (κ3) is 4.67. The number of thiazole rings is 2. The Kier molecular flexibility index (Phi) is 6.57. The molecule has 0 aliphatic carbocycles. The summed E-state index contributed by atoms with van der Waals surface area (Å²) in [7, 11) is 4.64. The number of nitrogens with zero attached hydrogens (tertiary/aromatic N) is 2. The van der Waals surface area contributed by atoms with Crippen molar-refractivity contribution in [1.82, 2.24) is 9.97 Å². The topological polar surface area (TPSA) is 82.6 Å². The van der Waals surface area contributed by atoms with E-state index in [1.165, 1.54) is 41.9 Å². The van der Waals surface area contributed by atoms with E-state index in [9.17, 15) is 9.18 Å². The van der Waals surface area contributed by atoms with Crippen molar-refractivity contribution in [3.63, 3.8) is 0 Å². The Morgan fingerprint density at radius 2 is 1.70 bits per heavy atom. The summed E-state index contributed by atoms with van der Waals surface area (Å²) in [5.74, 6) is 0.979. The summed E-state index contributed by atoms with van der Waals surface area (Å²) in [6, 6.07) is 9.68. The third-order valence-corrected chi connectivity index (χ3v) is 6.76. The predicted molar refractivity (Wildman–Crippen MR) is 127 cm³/mol. The summed E-state index contributed by atoms with van der Waals surface area (Å²) in [5.41, 5.74) is 2.44. The maximum Gasteiger partial charge on any atom is 0.269 e. The molecule has 0 saturated carbocycles. The number of aryl methyl sites for hydroxylation is 1. The molecule has 0 aliphatic rings. The van der Waals surface area contributed by atoms with E-state index < -0.39 is 5.82 Å². The average molecular weight is 486 g/mol. The molecule has 0 radical (unpaired) electrons. The average Bonchev–Trinajstić information content (AvgIpc) is 3.45. The molecule has 0 saturated heterocycles. The number of amides is 1. The summed E-state index contributed by atoms with van der Waals surface area (Å²) in [6.45, 7) is 1.78. The van der Waals surface area contributed by atoms with Crippen molar-refractivity contribution in [2.24, 2.45) is 0 Å². The maximum absolute atomic E-state index is 13.7. The third-order valence-electron chi connectivity index (χ3n) is 4.80. The number of ether oxygens (including phenoxy) is 3. The van der Waals surface area contributed by atoms with Crippen LogP contribution in [-0.2, 0) is 0 Å². The molecule has 10 heteroatoms. The molecule has 2 aromatic carbocycles. The van der Waals surface area contributed by atoms with E-state index in [0.717, 1.165) is 5.56 Å². The predicted octanol–water partition coefficient (Wildman–Crippen LogP) is 5.66. The summed E-state index contributed by atoms with van der Waals surface area (Å²) in [6.07, 6.45) is 0. The number of hydrogen-bond donors (Lipinski definition) is 1. The molecule has 0 aliphatic heterocycles. The minimum Gasteiger partial charge on any atom is -0.496 e. The molecule has 0 unspecified atom stereocenters. The van der Waals surface area contributed by atoms with Crippen LogP contribution < -0.4 is 19.5 Å². The molecular weight excluding hydrogens is 465 g/mol. The summed E-state index contributed by atoms with van der Waals surface area (Å²) in [5, 5.41) is 5.62. The molecule has 33 heavy (non-hydrogen) atoms. The van der Waals surface area contributed by atoms with E-state index >= 15 is 0 Å². The molecule has 4 aromatic rings. The SMILES string of the molecule is COc1ccc(-c2nc(C)c(C(=O)Nc3nc(-c4cc(F)ccc4OC)cs3)s2)cc1OC. The number of nitrogens with one attached hydrogen (secondary N) is 1. The first-order chi connectivity index (χ1) is 15.9. The van der Waals surface area contributed by atoms with Crippen molar-refractivity contribution in [3.05, 3.63) is 58.2 Å². The highest BCUT2D eigenvalue weighted by Crippen LogP contribution is 2.36. The highest BCUT2D eigenvalue weighted by molar-refractivity contribution is 7.17. The van der Waals surface area contributed by atoms with Gasteiger partial charge in [-0.1, -0.05) is 0 Å². The molecule has 0 spiro atoms. The van der Waals surface area contributed by atoms with E-state index in [1.807, 2.05) is 12.1 Å². The first-order valence-electron chi connectivity index (χ1n) is 9.74. The Hall–Kier alpha value is -3.50. The van der Waals surface area contributed by atoms with E-state index in [-0.39, 0.29) is 5.91 Å². The molecular formula is C23H20FN3O4S2. The highest BCUT2D eigenvalue weighted by atomic mass is 32.1. The molecule has 0 atom stereocenters. The molecule has 7 nitrogen and oxygen atoms in total. The lowest BCUT2D eigenvalue weighted by molar-refractivity contribution is 0.103. The van der Waals surface area contributed by atoms with Crippen molar-refractivity contribution in [2.75, 3.05) is 26.6 Å². The van der Waals surface area contributed by atoms with Gasteiger partial charge in [-0.3, -0.25) is 10.1 Å². The molecule has 0 bridgehead atoms. The van der Waals surface area contributed by atoms with Crippen molar-refractivity contribution >= 4 is 33.7 Å². The quantitative estimate of drug-likeness (QED) is 0.364. The van der Waals surface area contributed by atoms with Crippen LogP contribution in [0.25, 0.3) is 21.8 Å². The van der Waals surface area contributed by atoms with Crippen LogP contribution in [0, 0.1) is 12.7 Å². The number of methoxy groups -OCH3 is 3. The van der Waals surface area contributed by atoms with Gasteiger partial charge < -0.3 is 14.2 Å². The number of hydrogen-bond acceptors (Lipinski definition) is 8.